The van der Waals surface area contributed by atoms with Gasteiger partial charge in [-0.1, -0.05) is 43.5 Å². The summed E-state index contributed by atoms with van der Waals surface area (Å²) in [5, 5.41) is 7.09. The molecule has 2 aliphatic rings. The second-order valence-corrected chi connectivity index (χ2v) is 7.06. The van der Waals surface area contributed by atoms with E-state index in [0.717, 1.165) is 45.4 Å². The van der Waals surface area contributed by atoms with Crippen LogP contribution in [0.5, 0.6) is 0 Å². The van der Waals surface area contributed by atoms with Gasteiger partial charge in [-0.3, -0.25) is 9.89 Å². The van der Waals surface area contributed by atoms with E-state index in [1.54, 1.807) is 0 Å². The number of aliphatic imine (C=N–C) groups is 1. The van der Waals surface area contributed by atoms with E-state index in [0.29, 0.717) is 6.04 Å². The largest absolute Gasteiger partial charge is 0.379 e. The minimum atomic E-state index is 0. The maximum atomic E-state index is 5.46. The van der Waals surface area contributed by atoms with Gasteiger partial charge in [-0.15, -0.1) is 24.0 Å². The van der Waals surface area contributed by atoms with Crippen LogP contribution in [0.2, 0.25) is 0 Å². The van der Waals surface area contributed by atoms with E-state index in [9.17, 15) is 0 Å². The van der Waals surface area contributed by atoms with E-state index >= 15 is 0 Å². The number of hydrogen-bond acceptors (Lipinski definition) is 3. The average Bonchev–Trinajstić information content (AvgIpc) is 2.68. The number of nitrogens with one attached hydrogen (secondary N) is 2. The minimum Gasteiger partial charge on any atom is -0.379 e. The molecular formula is C20H33IN4O. The lowest BCUT2D eigenvalue weighted by molar-refractivity contribution is 0.0341. The standard InChI is InChI=1S/C20H32N4O.HI/c1-21-20(23-19-9-3-2-4-10-19)22-15-17-7-5-6-8-18(17)16-24-11-13-25-14-12-24;/h5-8,19H,2-4,9-16H2,1H3,(H2,21,22,23);1H. The van der Waals surface area contributed by atoms with Gasteiger partial charge in [0.2, 0.25) is 0 Å². The number of nitrogens with zero attached hydrogens (tertiary/aromatic N) is 2. The normalized spacial score (nSPS) is 19.7. The van der Waals surface area contributed by atoms with Crippen LogP contribution in [0.15, 0.2) is 29.3 Å². The highest BCUT2D eigenvalue weighted by Crippen LogP contribution is 2.17. The van der Waals surface area contributed by atoms with Gasteiger partial charge in [0, 0.05) is 39.3 Å². The molecule has 0 bridgehead atoms. The second-order valence-electron chi connectivity index (χ2n) is 7.06. The number of hydrogen-bond donors (Lipinski definition) is 2. The molecule has 1 saturated heterocycles. The molecule has 5 nitrogen and oxygen atoms in total. The maximum Gasteiger partial charge on any atom is 0.191 e. The third-order valence-corrected chi connectivity index (χ3v) is 5.23. The summed E-state index contributed by atoms with van der Waals surface area (Å²) in [4.78, 5) is 6.88. The molecular weight excluding hydrogens is 439 g/mol. The molecule has 0 radical (unpaired) electrons. The number of halogens is 1. The predicted molar refractivity (Wildman–Crippen MR) is 118 cm³/mol. The van der Waals surface area contributed by atoms with Crippen molar-refractivity contribution in [3.8, 4) is 0 Å². The number of ether oxygens (including phenoxy) is 1. The van der Waals surface area contributed by atoms with Crippen LogP contribution in [-0.4, -0.2) is 50.3 Å². The van der Waals surface area contributed by atoms with E-state index in [1.165, 1.54) is 43.2 Å². The Kier molecular flexibility index (Phi) is 9.71. The first-order chi connectivity index (χ1) is 12.3. The van der Waals surface area contributed by atoms with Crippen LogP contribution in [0.4, 0.5) is 0 Å². The van der Waals surface area contributed by atoms with Crippen LogP contribution < -0.4 is 10.6 Å². The highest BCUT2D eigenvalue weighted by atomic mass is 127. The van der Waals surface area contributed by atoms with Gasteiger partial charge >= 0.3 is 0 Å². The maximum absolute atomic E-state index is 5.46. The summed E-state index contributed by atoms with van der Waals surface area (Å²) in [6.45, 7) is 5.54. The number of benzene rings is 1. The average molecular weight is 472 g/mol. The van der Waals surface area contributed by atoms with Crippen LogP contribution in [-0.2, 0) is 17.8 Å². The molecule has 0 atom stereocenters. The predicted octanol–water partition coefficient (Wildman–Crippen LogP) is 3.13. The van der Waals surface area contributed by atoms with Gasteiger partial charge in [-0.05, 0) is 24.0 Å². The third-order valence-electron chi connectivity index (χ3n) is 5.23. The summed E-state index contributed by atoms with van der Waals surface area (Å²) in [5.74, 6) is 0.924. The van der Waals surface area contributed by atoms with Gasteiger partial charge in [-0.25, -0.2) is 0 Å². The lowest BCUT2D eigenvalue weighted by atomic mass is 9.96. The molecule has 1 aromatic carbocycles. The molecule has 6 heteroatoms. The van der Waals surface area contributed by atoms with Crippen molar-refractivity contribution in [2.24, 2.45) is 4.99 Å². The zero-order chi connectivity index (χ0) is 17.3. The summed E-state index contributed by atoms with van der Waals surface area (Å²) < 4.78 is 5.46. The first-order valence-corrected chi connectivity index (χ1v) is 9.69. The quantitative estimate of drug-likeness (QED) is 0.393. The summed E-state index contributed by atoms with van der Waals surface area (Å²) >= 11 is 0. The molecule has 3 rings (SSSR count). The Balaban J connectivity index is 0.00000243. The molecule has 0 amide bonds. The molecule has 0 unspecified atom stereocenters. The third kappa shape index (κ3) is 6.70. The van der Waals surface area contributed by atoms with Crippen molar-refractivity contribution < 1.29 is 4.74 Å². The molecule has 2 N–H and O–H groups in total. The van der Waals surface area contributed by atoms with Crippen molar-refractivity contribution in [3.05, 3.63) is 35.4 Å². The fourth-order valence-electron chi connectivity index (χ4n) is 3.70. The van der Waals surface area contributed by atoms with E-state index in [2.05, 4.69) is 44.8 Å². The first-order valence-electron chi connectivity index (χ1n) is 9.69. The van der Waals surface area contributed by atoms with Crippen molar-refractivity contribution in [1.82, 2.24) is 15.5 Å². The molecule has 1 aliphatic heterocycles. The monoisotopic (exact) mass is 472 g/mol. The van der Waals surface area contributed by atoms with Crippen LogP contribution in [0.3, 0.4) is 0 Å². The van der Waals surface area contributed by atoms with Gasteiger partial charge in [-0.2, -0.15) is 0 Å². The molecule has 1 saturated carbocycles. The van der Waals surface area contributed by atoms with E-state index in [4.69, 9.17) is 4.74 Å². The Morgan fingerprint density at radius 2 is 1.81 bits per heavy atom. The molecule has 1 aromatic rings. The Morgan fingerprint density at radius 1 is 1.12 bits per heavy atom. The van der Waals surface area contributed by atoms with Gasteiger partial charge in [0.25, 0.3) is 0 Å². The van der Waals surface area contributed by atoms with Crippen molar-refractivity contribution in [2.45, 2.75) is 51.2 Å². The molecule has 26 heavy (non-hydrogen) atoms. The number of rotatable bonds is 5. The van der Waals surface area contributed by atoms with Gasteiger partial charge < -0.3 is 15.4 Å². The molecule has 146 valence electrons. The van der Waals surface area contributed by atoms with Gasteiger partial charge in [0.15, 0.2) is 5.96 Å². The molecule has 2 fully saturated rings. The van der Waals surface area contributed by atoms with Crippen LogP contribution in [0.25, 0.3) is 0 Å². The Hall–Kier alpha value is -0.860. The minimum absolute atomic E-state index is 0. The molecule has 1 heterocycles. The highest BCUT2D eigenvalue weighted by Gasteiger charge is 2.15. The summed E-state index contributed by atoms with van der Waals surface area (Å²) in [6.07, 6.45) is 6.55. The summed E-state index contributed by atoms with van der Waals surface area (Å²) in [6, 6.07) is 9.29. The second kappa shape index (κ2) is 11.8. The van der Waals surface area contributed by atoms with E-state index in [1.807, 2.05) is 7.05 Å². The smallest absolute Gasteiger partial charge is 0.191 e. The SMILES string of the molecule is CN=C(NCc1ccccc1CN1CCOCC1)NC1CCCCC1.I. The van der Waals surface area contributed by atoms with Gasteiger partial charge in [0.05, 0.1) is 13.2 Å². The van der Waals surface area contributed by atoms with Crippen molar-refractivity contribution in [3.63, 3.8) is 0 Å². The first kappa shape index (κ1) is 21.4. The van der Waals surface area contributed by atoms with Crippen LogP contribution in [0, 0.1) is 0 Å². The van der Waals surface area contributed by atoms with Crippen molar-refractivity contribution >= 4 is 29.9 Å². The number of morpholine rings is 1. The van der Waals surface area contributed by atoms with Crippen LogP contribution in [0.1, 0.15) is 43.2 Å². The van der Waals surface area contributed by atoms with Gasteiger partial charge in [0.1, 0.15) is 0 Å². The van der Waals surface area contributed by atoms with E-state index in [-0.39, 0.29) is 24.0 Å². The Morgan fingerprint density at radius 3 is 2.50 bits per heavy atom. The highest BCUT2D eigenvalue weighted by molar-refractivity contribution is 14.0. The molecule has 1 aliphatic carbocycles. The zero-order valence-electron chi connectivity index (χ0n) is 15.9. The Labute approximate surface area is 175 Å². The van der Waals surface area contributed by atoms with Crippen molar-refractivity contribution in [1.29, 1.82) is 0 Å². The molecule has 0 aromatic heterocycles. The topological polar surface area (TPSA) is 48.9 Å². The summed E-state index contributed by atoms with van der Waals surface area (Å²) in [5.41, 5.74) is 2.74. The van der Waals surface area contributed by atoms with Crippen LogP contribution >= 0.6 is 24.0 Å². The Bertz CT molecular complexity index is 554. The lowest BCUT2D eigenvalue weighted by Crippen LogP contribution is -2.44. The van der Waals surface area contributed by atoms with Crippen molar-refractivity contribution in [2.75, 3.05) is 33.4 Å². The zero-order valence-corrected chi connectivity index (χ0v) is 18.2. The summed E-state index contributed by atoms with van der Waals surface area (Å²) in [7, 11) is 1.86. The number of guanidine groups is 1. The van der Waals surface area contributed by atoms with E-state index < -0.39 is 0 Å². The fraction of sp³-hybridized carbons (Fsp3) is 0.650. The molecule has 0 spiro atoms. The fourth-order valence-corrected chi connectivity index (χ4v) is 3.70. The lowest BCUT2D eigenvalue weighted by Gasteiger charge is -2.28.